The maximum Gasteiger partial charge on any atom is 0.415 e. The van der Waals surface area contributed by atoms with Gasteiger partial charge in [0.15, 0.2) is 0 Å². The van der Waals surface area contributed by atoms with Gasteiger partial charge >= 0.3 is 12.3 Å². The van der Waals surface area contributed by atoms with Crippen LogP contribution in [0.5, 0.6) is 0 Å². The van der Waals surface area contributed by atoms with Gasteiger partial charge in [0.25, 0.3) is 5.91 Å². The SMILES string of the molecule is O=C(c1cnc2c(ccn2-c2ccc(N3CCOC3=O)nc2)c1)N1CCC[C@@H](C(F)(F)F)C1. The van der Waals surface area contributed by atoms with E-state index in [1.54, 1.807) is 41.2 Å². The number of likely N-dealkylation sites (tertiary alicyclic amines) is 1. The summed E-state index contributed by atoms with van der Waals surface area (Å²) in [5.41, 5.74) is 1.54. The lowest BCUT2D eigenvalue weighted by atomic mass is 9.97. The zero-order valence-electron chi connectivity index (χ0n) is 17.5. The van der Waals surface area contributed by atoms with Gasteiger partial charge in [-0.2, -0.15) is 13.2 Å². The van der Waals surface area contributed by atoms with Gasteiger partial charge in [0.1, 0.15) is 18.1 Å². The highest BCUT2D eigenvalue weighted by molar-refractivity contribution is 5.97. The van der Waals surface area contributed by atoms with E-state index < -0.39 is 24.1 Å². The van der Waals surface area contributed by atoms with Gasteiger partial charge in [-0.05, 0) is 37.1 Å². The van der Waals surface area contributed by atoms with Crippen LogP contribution in [0.3, 0.4) is 0 Å². The van der Waals surface area contributed by atoms with Gasteiger partial charge in [0.2, 0.25) is 0 Å². The quantitative estimate of drug-likeness (QED) is 0.596. The second-order valence-electron chi connectivity index (χ2n) is 8.10. The molecule has 0 unspecified atom stereocenters. The highest BCUT2D eigenvalue weighted by Gasteiger charge is 2.42. The molecule has 0 aliphatic carbocycles. The molecule has 2 fully saturated rings. The topological polar surface area (TPSA) is 80.6 Å². The summed E-state index contributed by atoms with van der Waals surface area (Å²) in [7, 11) is 0. The Morgan fingerprint density at radius 1 is 1.12 bits per heavy atom. The van der Waals surface area contributed by atoms with Crippen molar-refractivity contribution in [3.05, 3.63) is 48.4 Å². The molecular weight excluding hydrogens is 439 g/mol. The number of cyclic esters (lactones) is 1. The van der Waals surface area contributed by atoms with Gasteiger partial charge in [-0.1, -0.05) is 0 Å². The maximum atomic E-state index is 13.1. The number of aromatic nitrogens is 3. The van der Waals surface area contributed by atoms with Crippen LogP contribution in [-0.2, 0) is 4.74 Å². The van der Waals surface area contributed by atoms with Crippen molar-refractivity contribution in [3.63, 3.8) is 0 Å². The minimum absolute atomic E-state index is 0.0409. The zero-order chi connectivity index (χ0) is 23.2. The summed E-state index contributed by atoms with van der Waals surface area (Å²) in [6.45, 7) is 0.734. The fourth-order valence-corrected chi connectivity index (χ4v) is 4.24. The predicted octanol–water partition coefficient (Wildman–Crippen LogP) is 3.79. The smallest absolute Gasteiger partial charge is 0.415 e. The van der Waals surface area contributed by atoms with Crippen molar-refractivity contribution in [3.8, 4) is 5.69 Å². The molecule has 3 aromatic heterocycles. The van der Waals surface area contributed by atoms with Crippen LogP contribution in [-0.4, -0.2) is 63.9 Å². The lowest BCUT2D eigenvalue weighted by Crippen LogP contribution is -2.44. The Kier molecular flexibility index (Phi) is 5.18. The number of rotatable bonds is 3. The van der Waals surface area contributed by atoms with Crippen molar-refractivity contribution in [1.29, 1.82) is 0 Å². The molecule has 1 atom stereocenters. The molecule has 2 saturated heterocycles. The van der Waals surface area contributed by atoms with Crippen molar-refractivity contribution in [2.75, 3.05) is 31.1 Å². The highest BCUT2D eigenvalue weighted by atomic mass is 19.4. The van der Waals surface area contributed by atoms with E-state index in [0.717, 1.165) is 0 Å². The number of halogens is 3. The number of carbonyl (C=O) groups is 2. The number of piperidine rings is 1. The standard InChI is InChI=1S/C22H20F3N5O3/c23-22(24,25)16-2-1-6-28(13-16)20(31)15-10-14-5-7-29(19(14)27-11-15)17-3-4-18(26-12-17)30-8-9-33-21(30)32/h3-5,7,10-12,16H,1-2,6,8-9,13H2/t16-/m1/s1. The normalized spacial score (nSPS) is 19.2. The second kappa shape index (κ2) is 8.05. The Bertz CT molecular complexity index is 1210. The van der Waals surface area contributed by atoms with Crippen LogP contribution < -0.4 is 4.90 Å². The predicted molar refractivity (Wildman–Crippen MR) is 112 cm³/mol. The number of fused-ring (bicyclic) bond motifs is 1. The molecule has 0 spiro atoms. The monoisotopic (exact) mass is 459 g/mol. The molecule has 5 rings (SSSR count). The van der Waals surface area contributed by atoms with Crippen molar-refractivity contribution >= 4 is 28.9 Å². The first-order valence-corrected chi connectivity index (χ1v) is 10.5. The van der Waals surface area contributed by atoms with Gasteiger partial charge in [-0.3, -0.25) is 14.3 Å². The molecule has 172 valence electrons. The molecule has 3 aromatic rings. The molecule has 0 saturated carbocycles. The Morgan fingerprint density at radius 3 is 2.67 bits per heavy atom. The van der Waals surface area contributed by atoms with Gasteiger partial charge in [-0.25, -0.2) is 14.8 Å². The zero-order valence-corrected chi connectivity index (χ0v) is 17.5. The van der Waals surface area contributed by atoms with E-state index in [0.29, 0.717) is 48.7 Å². The van der Waals surface area contributed by atoms with Crippen LogP contribution in [0.15, 0.2) is 42.9 Å². The fraction of sp³-hybridized carbons (Fsp3) is 0.364. The summed E-state index contributed by atoms with van der Waals surface area (Å²) in [4.78, 5) is 36.0. The minimum Gasteiger partial charge on any atom is -0.447 e. The minimum atomic E-state index is -4.31. The van der Waals surface area contributed by atoms with Gasteiger partial charge < -0.3 is 9.64 Å². The van der Waals surface area contributed by atoms with E-state index in [1.165, 1.54) is 16.0 Å². The molecule has 2 aliphatic heterocycles. The molecule has 2 aliphatic rings. The van der Waals surface area contributed by atoms with Crippen LogP contribution in [0.1, 0.15) is 23.2 Å². The van der Waals surface area contributed by atoms with Crippen LogP contribution in [0.25, 0.3) is 16.7 Å². The summed E-state index contributed by atoms with van der Waals surface area (Å²) in [5, 5.41) is 0.678. The van der Waals surface area contributed by atoms with Crippen molar-refractivity contribution < 1.29 is 27.5 Å². The largest absolute Gasteiger partial charge is 0.447 e. The average molecular weight is 459 g/mol. The van der Waals surface area contributed by atoms with E-state index in [9.17, 15) is 22.8 Å². The second-order valence-corrected chi connectivity index (χ2v) is 8.10. The Balaban J connectivity index is 1.37. The number of pyridine rings is 2. The Labute approximate surface area is 186 Å². The lowest BCUT2D eigenvalue weighted by molar-refractivity contribution is -0.184. The molecule has 0 aromatic carbocycles. The van der Waals surface area contributed by atoms with Crippen molar-refractivity contribution in [2.45, 2.75) is 19.0 Å². The summed E-state index contributed by atoms with van der Waals surface area (Å²) in [6.07, 6.45) is 0.381. The van der Waals surface area contributed by atoms with Crippen LogP contribution >= 0.6 is 0 Å². The van der Waals surface area contributed by atoms with Crippen LogP contribution in [0.2, 0.25) is 0 Å². The molecule has 2 amide bonds. The van der Waals surface area contributed by atoms with Crippen molar-refractivity contribution in [2.24, 2.45) is 5.92 Å². The number of amides is 2. The molecule has 8 nitrogen and oxygen atoms in total. The van der Waals surface area contributed by atoms with E-state index in [4.69, 9.17) is 4.74 Å². The number of hydrogen-bond donors (Lipinski definition) is 0. The highest BCUT2D eigenvalue weighted by Crippen LogP contribution is 2.33. The van der Waals surface area contributed by atoms with E-state index in [1.807, 2.05) is 0 Å². The third-order valence-electron chi connectivity index (χ3n) is 5.99. The number of anilines is 1. The number of alkyl halides is 3. The molecular formula is C22H20F3N5O3. The van der Waals surface area contributed by atoms with E-state index in [2.05, 4.69) is 9.97 Å². The van der Waals surface area contributed by atoms with Crippen LogP contribution in [0, 0.1) is 5.92 Å². The average Bonchev–Trinajstić information content (AvgIpc) is 3.44. The van der Waals surface area contributed by atoms with E-state index >= 15 is 0 Å². The maximum absolute atomic E-state index is 13.1. The Hall–Kier alpha value is -3.63. The lowest BCUT2D eigenvalue weighted by Gasteiger charge is -2.33. The third kappa shape index (κ3) is 3.98. The molecule has 0 radical (unpaired) electrons. The van der Waals surface area contributed by atoms with Gasteiger partial charge in [-0.15, -0.1) is 0 Å². The van der Waals surface area contributed by atoms with E-state index in [-0.39, 0.29) is 18.5 Å². The first kappa shape index (κ1) is 21.2. The molecule has 0 N–H and O–H groups in total. The summed E-state index contributed by atoms with van der Waals surface area (Å²) in [6, 6.07) is 6.91. The molecule has 11 heteroatoms. The molecule has 0 bridgehead atoms. The number of carbonyl (C=O) groups excluding carboxylic acids is 2. The first-order valence-electron chi connectivity index (χ1n) is 10.5. The third-order valence-corrected chi connectivity index (χ3v) is 5.99. The number of ether oxygens (including phenoxy) is 1. The van der Waals surface area contributed by atoms with Crippen molar-refractivity contribution in [1.82, 2.24) is 19.4 Å². The van der Waals surface area contributed by atoms with Gasteiger partial charge in [0, 0.05) is 30.9 Å². The summed E-state index contributed by atoms with van der Waals surface area (Å²) >= 11 is 0. The summed E-state index contributed by atoms with van der Waals surface area (Å²) in [5.74, 6) is -1.46. The van der Waals surface area contributed by atoms with Gasteiger partial charge in [0.05, 0.1) is 29.9 Å². The Morgan fingerprint density at radius 2 is 1.97 bits per heavy atom. The fourth-order valence-electron chi connectivity index (χ4n) is 4.24. The number of hydrogen-bond acceptors (Lipinski definition) is 5. The summed E-state index contributed by atoms with van der Waals surface area (Å²) < 4.78 is 46.0. The first-order chi connectivity index (χ1) is 15.8. The number of nitrogens with zero attached hydrogens (tertiary/aromatic N) is 5. The van der Waals surface area contributed by atoms with Crippen LogP contribution in [0.4, 0.5) is 23.8 Å². The molecule has 5 heterocycles. The molecule has 33 heavy (non-hydrogen) atoms.